The lowest BCUT2D eigenvalue weighted by Gasteiger charge is -2.15. The van der Waals surface area contributed by atoms with Gasteiger partial charge in [0.15, 0.2) is 0 Å². The fraction of sp³-hybridized carbons (Fsp3) is 0.562. The summed E-state index contributed by atoms with van der Waals surface area (Å²) in [5, 5.41) is 3.60. The Bertz CT molecular complexity index is 598. The lowest BCUT2D eigenvalue weighted by Crippen LogP contribution is -2.17. The van der Waals surface area contributed by atoms with Gasteiger partial charge in [-0.3, -0.25) is 4.90 Å². The minimum absolute atomic E-state index is 0.785. The van der Waals surface area contributed by atoms with Gasteiger partial charge in [-0.25, -0.2) is 4.98 Å². The molecule has 2 heterocycles. The number of hydrogen-bond acceptors (Lipinski definition) is 5. The van der Waals surface area contributed by atoms with Gasteiger partial charge in [-0.2, -0.15) is 0 Å². The normalized spacial score (nSPS) is 15.0. The Balaban J connectivity index is 1.57. The van der Waals surface area contributed by atoms with E-state index in [1.54, 1.807) is 11.3 Å². The average molecular weight is 322 g/mol. The maximum atomic E-state index is 4.33. The van der Waals surface area contributed by atoms with Crippen LogP contribution in [0.1, 0.15) is 38.7 Å². The van der Waals surface area contributed by atoms with E-state index in [0.29, 0.717) is 0 Å². The molecular formula is C16H23N3S2. The Hall–Kier alpha value is -0.750. The number of aryl methyl sites for hydroxylation is 2. The Labute approximate surface area is 135 Å². The molecule has 114 valence electrons. The molecule has 0 saturated heterocycles. The molecule has 0 amide bonds. The first kappa shape index (κ1) is 15.2. The molecule has 1 N–H and O–H groups in total. The second kappa shape index (κ2) is 6.57. The molecule has 0 spiro atoms. The largest absolute Gasteiger partial charge is 0.309 e. The van der Waals surface area contributed by atoms with Crippen LogP contribution in [0.3, 0.4) is 0 Å². The summed E-state index contributed by atoms with van der Waals surface area (Å²) in [4.78, 5) is 11.0. The van der Waals surface area contributed by atoms with Crippen LogP contribution >= 0.6 is 22.7 Å². The zero-order valence-electron chi connectivity index (χ0n) is 13.0. The zero-order valence-corrected chi connectivity index (χ0v) is 14.6. The molecule has 0 unspecified atom stereocenters. The van der Waals surface area contributed by atoms with Gasteiger partial charge in [0.1, 0.15) is 0 Å². The SMILES string of the molecule is Cc1ncsc1CN(C)Cc1cc(CNC2CC2)sc1C. The zero-order chi connectivity index (χ0) is 14.8. The van der Waals surface area contributed by atoms with Crippen LogP contribution in [0.15, 0.2) is 11.6 Å². The predicted molar refractivity (Wildman–Crippen MR) is 90.9 cm³/mol. The van der Waals surface area contributed by atoms with Crippen LogP contribution < -0.4 is 5.32 Å². The second-order valence-electron chi connectivity index (χ2n) is 5.98. The van der Waals surface area contributed by atoms with Crippen LogP contribution in [0.5, 0.6) is 0 Å². The average Bonchev–Trinajstić information content (AvgIpc) is 3.10. The van der Waals surface area contributed by atoms with Crippen molar-refractivity contribution in [2.24, 2.45) is 0 Å². The minimum atomic E-state index is 0.785. The summed E-state index contributed by atoms with van der Waals surface area (Å²) in [6.45, 7) is 7.38. The number of thiophene rings is 1. The lowest BCUT2D eigenvalue weighted by molar-refractivity contribution is 0.321. The highest BCUT2D eigenvalue weighted by Gasteiger charge is 2.20. The van der Waals surface area contributed by atoms with Gasteiger partial charge in [-0.05, 0) is 45.4 Å². The van der Waals surface area contributed by atoms with Crippen molar-refractivity contribution >= 4 is 22.7 Å². The highest BCUT2D eigenvalue weighted by atomic mass is 32.1. The van der Waals surface area contributed by atoms with Crippen molar-refractivity contribution in [2.75, 3.05) is 7.05 Å². The molecule has 0 aliphatic heterocycles. The fourth-order valence-electron chi connectivity index (χ4n) is 2.43. The molecule has 2 aromatic rings. The van der Waals surface area contributed by atoms with E-state index in [1.807, 2.05) is 16.8 Å². The van der Waals surface area contributed by atoms with Gasteiger partial charge >= 0.3 is 0 Å². The molecule has 0 atom stereocenters. The summed E-state index contributed by atoms with van der Waals surface area (Å²) < 4.78 is 0. The lowest BCUT2D eigenvalue weighted by atomic mass is 10.2. The number of nitrogens with zero attached hydrogens (tertiary/aromatic N) is 2. The van der Waals surface area contributed by atoms with Crippen LogP contribution in [0, 0.1) is 13.8 Å². The van der Waals surface area contributed by atoms with Crippen molar-refractivity contribution in [2.45, 2.75) is 52.4 Å². The van der Waals surface area contributed by atoms with Crippen LogP contribution in [-0.4, -0.2) is 23.0 Å². The first-order chi connectivity index (χ1) is 10.1. The molecule has 3 nitrogen and oxygen atoms in total. The van der Waals surface area contributed by atoms with Crippen molar-refractivity contribution < 1.29 is 0 Å². The van der Waals surface area contributed by atoms with E-state index in [0.717, 1.165) is 25.7 Å². The van der Waals surface area contributed by atoms with E-state index in [1.165, 1.54) is 38.7 Å². The van der Waals surface area contributed by atoms with Crippen molar-refractivity contribution in [1.29, 1.82) is 0 Å². The first-order valence-electron chi connectivity index (χ1n) is 7.51. The summed E-state index contributed by atoms with van der Waals surface area (Å²) in [5.41, 5.74) is 4.58. The summed E-state index contributed by atoms with van der Waals surface area (Å²) >= 11 is 3.69. The monoisotopic (exact) mass is 321 g/mol. The summed E-state index contributed by atoms with van der Waals surface area (Å²) in [5.74, 6) is 0. The molecule has 5 heteroatoms. The van der Waals surface area contributed by atoms with Gasteiger partial charge in [0.25, 0.3) is 0 Å². The Morgan fingerprint density at radius 1 is 1.33 bits per heavy atom. The third-order valence-corrected chi connectivity index (χ3v) is 5.93. The van der Waals surface area contributed by atoms with Gasteiger partial charge in [-0.1, -0.05) is 0 Å². The number of aromatic nitrogens is 1. The van der Waals surface area contributed by atoms with Gasteiger partial charge in [-0.15, -0.1) is 22.7 Å². The molecule has 0 radical (unpaired) electrons. The van der Waals surface area contributed by atoms with Crippen molar-refractivity contribution in [3.05, 3.63) is 37.5 Å². The molecule has 3 rings (SSSR count). The van der Waals surface area contributed by atoms with Crippen LogP contribution in [-0.2, 0) is 19.6 Å². The van der Waals surface area contributed by atoms with E-state index in [-0.39, 0.29) is 0 Å². The number of nitrogens with one attached hydrogen (secondary N) is 1. The van der Waals surface area contributed by atoms with Gasteiger partial charge in [0.05, 0.1) is 11.2 Å². The van der Waals surface area contributed by atoms with Crippen molar-refractivity contribution in [3.63, 3.8) is 0 Å². The molecule has 1 aliphatic rings. The van der Waals surface area contributed by atoms with Gasteiger partial charge in [0.2, 0.25) is 0 Å². The topological polar surface area (TPSA) is 28.2 Å². The molecule has 1 aliphatic carbocycles. The van der Waals surface area contributed by atoms with Crippen LogP contribution in [0.4, 0.5) is 0 Å². The molecule has 21 heavy (non-hydrogen) atoms. The highest BCUT2D eigenvalue weighted by Crippen LogP contribution is 2.25. The molecular weight excluding hydrogens is 298 g/mol. The number of thiazole rings is 1. The van der Waals surface area contributed by atoms with E-state index >= 15 is 0 Å². The summed E-state index contributed by atoms with van der Waals surface area (Å²) in [7, 11) is 2.19. The van der Waals surface area contributed by atoms with Gasteiger partial charge in [0, 0.05) is 40.3 Å². The molecule has 0 bridgehead atoms. The van der Waals surface area contributed by atoms with E-state index in [9.17, 15) is 0 Å². The maximum absolute atomic E-state index is 4.33. The highest BCUT2D eigenvalue weighted by molar-refractivity contribution is 7.12. The third-order valence-electron chi connectivity index (χ3n) is 3.91. The molecule has 2 aromatic heterocycles. The smallest absolute Gasteiger partial charge is 0.0798 e. The van der Waals surface area contributed by atoms with Crippen LogP contribution in [0.2, 0.25) is 0 Å². The van der Waals surface area contributed by atoms with Crippen molar-refractivity contribution in [1.82, 2.24) is 15.2 Å². The Morgan fingerprint density at radius 2 is 2.14 bits per heavy atom. The molecule has 1 saturated carbocycles. The van der Waals surface area contributed by atoms with Gasteiger partial charge < -0.3 is 5.32 Å². The number of rotatable bonds is 7. The Morgan fingerprint density at radius 3 is 2.81 bits per heavy atom. The first-order valence-corrected chi connectivity index (χ1v) is 9.20. The fourth-order valence-corrected chi connectivity index (χ4v) is 4.29. The second-order valence-corrected chi connectivity index (χ2v) is 8.26. The Kier molecular flexibility index (Phi) is 4.74. The molecule has 0 aromatic carbocycles. The summed E-state index contributed by atoms with van der Waals surface area (Å²) in [6.07, 6.45) is 2.71. The molecule has 1 fully saturated rings. The quantitative estimate of drug-likeness (QED) is 0.843. The van der Waals surface area contributed by atoms with E-state index < -0.39 is 0 Å². The predicted octanol–water partition coefficient (Wildman–Crippen LogP) is 3.71. The van der Waals surface area contributed by atoms with E-state index in [2.05, 4.69) is 42.2 Å². The van der Waals surface area contributed by atoms with E-state index in [4.69, 9.17) is 0 Å². The third kappa shape index (κ3) is 4.13. The standard InChI is InChI=1S/C16H23N3S2/c1-11-16(20-10-18-11)9-19(3)8-13-6-15(21-12(13)2)7-17-14-4-5-14/h6,10,14,17H,4-5,7-9H2,1-3H3. The van der Waals surface area contributed by atoms with Crippen molar-refractivity contribution in [3.8, 4) is 0 Å². The van der Waals surface area contributed by atoms with Crippen LogP contribution in [0.25, 0.3) is 0 Å². The summed E-state index contributed by atoms with van der Waals surface area (Å²) in [6, 6.07) is 3.17. The maximum Gasteiger partial charge on any atom is 0.0798 e. The minimum Gasteiger partial charge on any atom is -0.309 e. The number of hydrogen-bond donors (Lipinski definition) is 1.